The predicted molar refractivity (Wildman–Crippen MR) is 136 cm³/mol. The van der Waals surface area contributed by atoms with Crippen molar-refractivity contribution in [2.24, 2.45) is 0 Å². The molecule has 37 heavy (non-hydrogen) atoms. The lowest BCUT2D eigenvalue weighted by Gasteiger charge is -2.17. The Morgan fingerprint density at radius 1 is 1.08 bits per heavy atom. The molecule has 1 N–H and O–H groups in total. The van der Waals surface area contributed by atoms with Crippen LogP contribution in [0.2, 0.25) is 0 Å². The van der Waals surface area contributed by atoms with Crippen LogP contribution in [0.4, 0.5) is 13.2 Å². The first kappa shape index (κ1) is 26.5. The summed E-state index contributed by atoms with van der Waals surface area (Å²) in [5.41, 5.74) is 1.40. The Morgan fingerprint density at radius 3 is 2.41 bits per heavy atom. The van der Waals surface area contributed by atoms with Crippen LogP contribution in [-0.2, 0) is 19.1 Å². The normalized spacial score (nSPS) is 11.9. The fourth-order valence-corrected chi connectivity index (χ4v) is 4.52. The van der Waals surface area contributed by atoms with Crippen molar-refractivity contribution in [3.8, 4) is 23.0 Å². The first-order valence-electron chi connectivity index (χ1n) is 12.1. The Bertz CT molecular complexity index is 1380. The monoisotopic (exact) mass is 513 g/mol. The first-order chi connectivity index (χ1) is 17.7. The number of aliphatic hydroxyl groups is 1. The third-order valence-corrected chi connectivity index (χ3v) is 6.24. The molecule has 0 radical (unpaired) electrons. The van der Waals surface area contributed by atoms with Gasteiger partial charge in [0.1, 0.15) is 22.6 Å². The Morgan fingerprint density at radius 2 is 1.81 bits per heavy atom. The van der Waals surface area contributed by atoms with Crippen molar-refractivity contribution >= 4 is 11.0 Å². The van der Waals surface area contributed by atoms with Crippen molar-refractivity contribution in [1.82, 2.24) is 14.5 Å². The summed E-state index contributed by atoms with van der Waals surface area (Å²) in [7, 11) is 1.41. The molecule has 2 aromatic heterocycles. The smallest absolute Gasteiger partial charge is 0.418 e. The van der Waals surface area contributed by atoms with Gasteiger partial charge in [-0.1, -0.05) is 44.2 Å². The molecule has 0 amide bonds. The summed E-state index contributed by atoms with van der Waals surface area (Å²) >= 11 is 0. The Hall–Kier alpha value is -3.59. The number of nitrogens with zero attached hydrogens (tertiary/aromatic N) is 3. The third-order valence-electron chi connectivity index (χ3n) is 6.24. The molecule has 0 aliphatic heterocycles. The minimum atomic E-state index is -4.69. The average Bonchev–Trinajstić information content (AvgIpc) is 3.23. The van der Waals surface area contributed by atoms with Crippen molar-refractivity contribution in [1.29, 1.82) is 0 Å². The van der Waals surface area contributed by atoms with E-state index in [0.717, 1.165) is 5.56 Å². The largest absolute Gasteiger partial charge is 0.494 e. The predicted octanol–water partition coefficient (Wildman–Crippen LogP) is 6.23. The van der Waals surface area contributed by atoms with Crippen LogP contribution in [0, 0.1) is 0 Å². The Balaban J connectivity index is 1.99. The number of aromatic nitrogens is 3. The lowest BCUT2D eigenvalue weighted by molar-refractivity contribution is -0.137. The highest BCUT2D eigenvalue weighted by atomic mass is 19.4. The van der Waals surface area contributed by atoms with Gasteiger partial charge in [-0.05, 0) is 36.1 Å². The molecular formula is C28H30F3N3O3. The first-order valence-corrected chi connectivity index (χ1v) is 12.1. The second-order valence-electron chi connectivity index (χ2n) is 8.97. The zero-order chi connectivity index (χ0) is 26.7. The topological polar surface area (TPSA) is 69.4 Å². The van der Waals surface area contributed by atoms with E-state index in [0.29, 0.717) is 29.5 Å². The number of halogens is 3. The van der Waals surface area contributed by atoms with Crippen molar-refractivity contribution in [2.45, 2.75) is 45.8 Å². The summed E-state index contributed by atoms with van der Waals surface area (Å²) in [6.45, 7) is 6.04. The van der Waals surface area contributed by atoms with Gasteiger partial charge in [-0.25, -0.2) is 9.97 Å². The van der Waals surface area contributed by atoms with E-state index in [9.17, 15) is 18.3 Å². The molecule has 0 unspecified atom stereocenters. The maximum atomic E-state index is 14.7. The summed E-state index contributed by atoms with van der Waals surface area (Å²) in [5.74, 6) is 1.16. The molecule has 4 aromatic rings. The quantitative estimate of drug-likeness (QED) is 0.287. The molecule has 0 fully saturated rings. The summed E-state index contributed by atoms with van der Waals surface area (Å²) < 4.78 is 56.7. The van der Waals surface area contributed by atoms with E-state index in [1.54, 1.807) is 23.6 Å². The van der Waals surface area contributed by atoms with Crippen LogP contribution in [0.1, 0.15) is 48.9 Å². The van der Waals surface area contributed by atoms with Crippen molar-refractivity contribution in [3.05, 3.63) is 70.9 Å². The number of hydrogen-bond acceptors (Lipinski definition) is 5. The van der Waals surface area contributed by atoms with Crippen LogP contribution in [0.15, 0.2) is 48.7 Å². The van der Waals surface area contributed by atoms with E-state index in [-0.39, 0.29) is 47.8 Å². The van der Waals surface area contributed by atoms with Crippen LogP contribution in [0.25, 0.3) is 22.4 Å². The highest BCUT2D eigenvalue weighted by Crippen LogP contribution is 2.43. The zero-order valence-electron chi connectivity index (χ0n) is 21.3. The van der Waals surface area contributed by atoms with Gasteiger partial charge in [0.05, 0.1) is 25.9 Å². The molecule has 0 aliphatic carbocycles. The summed E-state index contributed by atoms with van der Waals surface area (Å²) in [5, 5.41) is 9.78. The number of pyridine rings is 1. The molecule has 2 aromatic carbocycles. The van der Waals surface area contributed by atoms with E-state index in [1.165, 1.54) is 19.4 Å². The fraction of sp³-hybridized carbons (Fsp3) is 0.357. The maximum absolute atomic E-state index is 14.7. The zero-order valence-corrected chi connectivity index (χ0v) is 21.3. The van der Waals surface area contributed by atoms with E-state index in [4.69, 9.17) is 9.47 Å². The number of ether oxygens (including phenoxy) is 2. The van der Waals surface area contributed by atoms with Crippen molar-refractivity contribution in [3.63, 3.8) is 0 Å². The molecule has 0 saturated carbocycles. The number of alkyl halides is 3. The third kappa shape index (κ3) is 5.27. The number of hydrogen-bond donors (Lipinski definition) is 1. The van der Waals surface area contributed by atoms with Crippen LogP contribution in [0.3, 0.4) is 0 Å². The summed E-state index contributed by atoms with van der Waals surface area (Å²) in [6, 6.07) is 12.3. The highest BCUT2D eigenvalue weighted by Gasteiger charge is 2.39. The molecule has 0 spiro atoms. The second-order valence-corrected chi connectivity index (χ2v) is 8.97. The van der Waals surface area contributed by atoms with Crippen LogP contribution in [0.5, 0.6) is 11.6 Å². The van der Waals surface area contributed by atoms with E-state index < -0.39 is 11.7 Å². The summed E-state index contributed by atoms with van der Waals surface area (Å²) in [4.78, 5) is 8.70. The van der Waals surface area contributed by atoms with E-state index >= 15 is 0 Å². The minimum Gasteiger partial charge on any atom is -0.494 e. The van der Waals surface area contributed by atoms with Gasteiger partial charge in [0.25, 0.3) is 0 Å². The van der Waals surface area contributed by atoms with Crippen molar-refractivity contribution in [2.75, 3.05) is 20.3 Å². The number of methoxy groups -OCH3 is 1. The van der Waals surface area contributed by atoms with Gasteiger partial charge in [0, 0.05) is 30.3 Å². The summed E-state index contributed by atoms with van der Waals surface area (Å²) in [6.07, 6.45) is -3.23. The fourth-order valence-electron chi connectivity index (χ4n) is 4.52. The Labute approximate surface area is 213 Å². The van der Waals surface area contributed by atoms with Gasteiger partial charge >= 0.3 is 6.18 Å². The minimum absolute atomic E-state index is 0.00107. The molecule has 0 bridgehead atoms. The number of benzene rings is 2. The van der Waals surface area contributed by atoms with Gasteiger partial charge in [-0.15, -0.1) is 0 Å². The molecule has 196 valence electrons. The lowest BCUT2D eigenvalue weighted by Crippen LogP contribution is -2.13. The number of fused-ring (bicyclic) bond motifs is 1. The number of rotatable bonds is 9. The molecule has 0 saturated heterocycles. The van der Waals surface area contributed by atoms with Gasteiger partial charge in [-0.2, -0.15) is 13.2 Å². The standard InChI is InChI=1S/C28H30F3N3O3/c1-5-37-27-20(7-6-12-32-27)15-21-16-22(36-4)25-24(23(21)28(29,30)31)33-26(34(25)13-14-35)19-10-8-18(9-11-19)17(2)3/h6-12,16-17,35H,5,13-15H2,1-4H3. The SMILES string of the molecule is CCOc1ncccc1Cc1cc(OC)c2c(nc(-c3ccc(C(C)C)cc3)n2CCO)c1C(F)(F)F. The lowest BCUT2D eigenvalue weighted by atomic mass is 9.97. The molecule has 2 heterocycles. The van der Waals surface area contributed by atoms with Gasteiger partial charge in [0.2, 0.25) is 5.88 Å². The average molecular weight is 514 g/mol. The molecule has 6 nitrogen and oxygen atoms in total. The Kier molecular flexibility index (Phi) is 7.73. The number of imidazole rings is 1. The van der Waals surface area contributed by atoms with Crippen LogP contribution in [-0.4, -0.2) is 40.0 Å². The van der Waals surface area contributed by atoms with Gasteiger partial charge in [0.15, 0.2) is 0 Å². The maximum Gasteiger partial charge on any atom is 0.418 e. The van der Waals surface area contributed by atoms with Gasteiger partial charge < -0.3 is 19.1 Å². The van der Waals surface area contributed by atoms with Gasteiger partial charge in [-0.3, -0.25) is 0 Å². The molecule has 9 heteroatoms. The molecule has 0 aliphatic rings. The molecule has 0 atom stereocenters. The second kappa shape index (κ2) is 10.8. The van der Waals surface area contributed by atoms with E-state index in [1.807, 2.05) is 24.3 Å². The highest BCUT2D eigenvalue weighted by molar-refractivity contribution is 5.90. The molecular weight excluding hydrogens is 483 g/mol. The van der Waals surface area contributed by atoms with Crippen LogP contribution >= 0.6 is 0 Å². The van der Waals surface area contributed by atoms with Crippen LogP contribution < -0.4 is 9.47 Å². The molecule has 4 rings (SSSR count). The number of aliphatic hydroxyl groups excluding tert-OH is 1. The van der Waals surface area contributed by atoms with E-state index in [2.05, 4.69) is 23.8 Å². The van der Waals surface area contributed by atoms with Crippen molar-refractivity contribution < 1.29 is 27.8 Å².